The first-order chi connectivity index (χ1) is 9.28. The zero-order valence-corrected chi connectivity index (χ0v) is 10.8. The number of nitrogens with zero attached hydrogens (tertiary/aromatic N) is 1. The average Bonchev–Trinajstić information content (AvgIpc) is 2.90. The van der Waals surface area contributed by atoms with Crippen molar-refractivity contribution < 1.29 is 14.3 Å². The van der Waals surface area contributed by atoms with Crippen molar-refractivity contribution in [3.05, 3.63) is 30.0 Å². The van der Waals surface area contributed by atoms with Gasteiger partial charge < -0.3 is 19.4 Å². The predicted molar refractivity (Wildman–Crippen MR) is 71.6 cm³/mol. The molecule has 1 fully saturated rings. The Morgan fingerprint density at radius 2 is 2.11 bits per heavy atom. The topological polar surface area (TPSA) is 54.6 Å². The van der Waals surface area contributed by atoms with Crippen LogP contribution in [0.25, 0.3) is 10.9 Å². The van der Waals surface area contributed by atoms with Gasteiger partial charge >= 0.3 is 0 Å². The monoisotopic (exact) mass is 260 g/mol. The van der Waals surface area contributed by atoms with Gasteiger partial charge in [0.15, 0.2) is 0 Å². The van der Waals surface area contributed by atoms with Crippen molar-refractivity contribution in [3.63, 3.8) is 0 Å². The van der Waals surface area contributed by atoms with Gasteiger partial charge in [0, 0.05) is 30.1 Å². The van der Waals surface area contributed by atoms with Gasteiger partial charge in [-0.1, -0.05) is 0 Å². The number of benzene rings is 1. The summed E-state index contributed by atoms with van der Waals surface area (Å²) in [6, 6.07) is 7.61. The number of aromatic amines is 1. The number of rotatable bonds is 2. The van der Waals surface area contributed by atoms with Crippen LogP contribution < -0.4 is 4.74 Å². The third-order valence-electron chi connectivity index (χ3n) is 3.36. The minimum absolute atomic E-state index is 0.0264. The maximum atomic E-state index is 12.3. The molecular weight excluding hydrogens is 244 g/mol. The summed E-state index contributed by atoms with van der Waals surface area (Å²) in [6.45, 7) is 2.52. The average molecular weight is 260 g/mol. The molecule has 0 aliphatic carbocycles. The molecule has 0 unspecified atom stereocenters. The van der Waals surface area contributed by atoms with E-state index in [-0.39, 0.29) is 5.91 Å². The molecule has 1 saturated heterocycles. The fraction of sp³-hybridized carbons (Fsp3) is 0.357. The van der Waals surface area contributed by atoms with Crippen LogP contribution in [0.15, 0.2) is 24.3 Å². The fourth-order valence-corrected chi connectivity index (χ4v) is 2.29. The molecule has 5 heteroatoms. The normalized spacial score (nSPS) is 15.7. The van der Waals surface area contributed by atoms with Crippen LogP contribution in [0.1, 0.15) is 10.5 Å². The molecule has 0 bridgehead atoms. The van der Waals surface area contributed by atoms with Gasteiger partial charge in [0.05, 0.1) is 20.3 Å². The Kier molecular flexibility index (Phi) is 3.13. The van der Waals surface area contributed by atoms with Crippen LogP contribution in [0.3, 0.4) is 0 Å². The number of nitrogens with one attached hydrogen (secondary N) is 1. The highest BCUT2D eigenvalue weighted by atomic mass is 16.5. The molecule has 0 saturated carbocycles. The van der Waals surface area contributed by atoms with Gasteiger partial charge in [0.25, 0.3) is 5.91 Å². The molecule has 1 aliphatic heterocycles. The smallest absolute Gasteiger partial charge is 0.270 e. The predicted octanol–water partition coefficient (Wildman–Crippen LogP) is 1.65. The maximum Gasteiger partial charge on any atom is 0.270 e. The van der Waals surface area contributed by atoms with Crippen molar-refractivity contribution in [2.24, 2.45) is 0 Å². The number of aromatic nitrogens is 1. The summed E-state index contributed by atoms with van der Waals surface area (Å²) in [6.07, 6.45) is 0. The van der Waals surface area contributed by atoms with Crippen LogP contribution in [0.4, 0.5) is 0 Å². The number of carbonyl (C=O) groups excluding carboxylic acids is 1. The van der Waals surface area contributed by atoms with E-state index in [1.807, 2.05) is 29.2 Å². The van der Waals surface area contributed by atoms with Crippen LogP contribution >= 0.6 is 0 Å². The number of amides is 1. The first kappa shape index (κ1) is 12.0. The van der Waals surface area contributed by atoms with Gasteiger partial charge in [0.1, 0.15) is 11.4 Å². The molecule has 1 N–H and O–H groups in total. The molecular formula is C14H16N2O3. The van der Waals surface area contributed by atoms with E-state index in [9.17, 15) is 4.79 Å². The molecule has 1 amide bonds. The molecule has 1 aromatic carbocycles. The maximum absolute atomic E-state index is 12.3. The van der Waals surface area contributed by atoms with Crippen molar-refractivity contribution in [2.75, 3.05) is 33.4 Å². The first-order valence-corrected chi connectivity index (χ1v) is 6.32. The molecule has 19 heavy (non-hydrogen) atoms. The van der Waals surface area contributed by atoms with Gasteiger partial charge in [0.2, 0.25) is 0 Å². The third kappa shape index (κ3) is 2.29. The van der Waals surface area contributed by atoms with E-state index in [4.69, 9.17) is 9.47 Å². The van der Waals surface area contributed by atoms with Crippen LogP contribution in [0.2, 0.25) is 0 Å². The summed E-state index contributed by atoms with van der Waals surface area (Å²) in [4.78, 5) is 17.3. The zero-order chi connectivity index (χ0) is 13.2. The van der Waals surface area contributed by atoms with Crippen molar-refractivity contribution in [3.8, 4) is 5.75 Å². The van der Waals surface area contributed by atoms with Crippen molar-refractivity contribution in [1.82, 2.24) is 9.88 Å². The Hall–Kier alpha value is -2.01. The molecule has 0 atom stereocenters. The Labute approximate surface area is 111 Å². The number of ether oxygens (including phenoxy) is 2. The molecule has 1 aromatic heterocycles. The quantitative estimate of drug-likeness (QED) is 0.893. The van der Waals surface area contributed by atoms with E-state index in [1.165, 1.54) is 0 Å². The summed E-state index contributed by atoms with van der Waals surface area (Å²) >= 11 is 0. The summed E-state index contributed by atoms with van der Waals surface area (Å²) in [5, 5.41) is 1.01. The van der Waals surface area contributed by atoms with Crippen molar-refractivity contribution >= 4 is 16.8 Å². The van der Waals surface area contributed by atoms with Crippen molar-refractivity contribution in [2.45, 2.75) is 0 Å². The second-order valence-corrected chi connectivity index (χ2v) is 4.54. The van der Waals surface area contributed by atoms with Crippen LogP contribution in [0, 0.1) is 0 Å². The summed E-state index contributed by atoms with van der Waals surface area (Å²) in [7, 11) is 1.63. The van der Waals surface area contributed by atoms with Gasteiger partial charge in [-0.2, -0.15) is 0 Å². The Bertz CT molecular complexity index is 600. The van der Waals surface area contributed by atoms with E-state index in [0.29, 0.717) is 32.0 Å². The lowest BCUT2D eigenvalue weighted by Crippen LogP contribution is -2.40. The molecule has 100 valence electrons. The zero-order valence-electron chi connectivity index (χ0n) is 10.8. The minimum atomic E-state index is 0.0264. The molecule has 5 nitrogen and oxygen atoms in total. The van der Waals surface area contributed by atoms with Gasteiger partial charge in [-0.3, -0.25) is 4.79 Å². The highest BCUT2D eigenvalue weighted by Gasteiger charge is 2.20. The number of hydrogen-bond acceptors (Lipinski definition) is 3. The van der Waals surface area contributed by atoms with Crippen LogP contribution in [-0.2, 0) is 4.74 Å². The largest absolute Gasteiger partial charge is 0.497 e. The lowest BCUT2D eigenvalue weighted by Gasteiger charge is -2.26. The molecule has 0 spiro atoms. The van der Waals surface area contributed by atoms with Crippen molar-refractivity contribution in [1.29, 1.82) is 0 Å². The summed E-state index contributed by atoms with van der Waals surface area (Å²) < 4.78 is 10.4. The Morgan fingerprint density at radius 3 is 2.84 bits per heavy atom. The van der Waals surface area contributed by atoms with E-state index >= 15 is 0 Å². The summed E-state index contributed by atoms with van der Waals surface area (Å²) in [5.74, 6) is 0.804. The van der Waals surface area contributed by atoms with E-state index in [0.717, 1.165) is 16.7 Å². The minimum Gasteiger partial charge on any atom is -0.497 e. The number of H-pyrrole nitrogens is 1. The second-order valence-electron chi connectivity index (χ2n) is 4.54. The van der Waals surface area contributed by atoms with E-state index in [2.05, 4.69) is 4.98 Å². The lowest BCUT2D eigenvalue weighted by atomic mass is 10.2. The number of carbonyl (C=O) groups is 1. The van der Waals surface area contributed by atoms with E-state index in [1.54, 1.807) is 7.11 Å². The number of hydrogen-bond donors (Lipinski definition) is 1. The molecule has 2 heterocycles. The van der Waals surface area contributed by atoms with Crippen LogP contribution in [-0.4, -0.2) is 49.2 Å². The van der Waals surface area contributed by atoms with E-state index < -0.39 is 0 Å². The fourth-order valence-electron chi connectivity index (χ4n) is 2.29. The standard InChI is InChI=1S/C14H16N2O3/c1-18-11-3-2-10-8-13(15-12(10)9-11)14(17)16-4-6-19-7-5-16/h2-3,8-9,15H,4-7H2,1H3. The van der Waals surface area contributed by atoms with Gasteiger partial charge in [-0.15, -0.1) is 0 Å². The van der Waals surface area contributed by atoms with Gasteiger partial charge in [-0.05, 0) is 18.2 Å². The van der Waals surface area contributed by atoms with Crippen LogP contribution in [0.5, 0.6) is 5.75 Å². The number of methoxy groups -OCH3 is 1. The lowest BCUT2D eigenvalue weighted by molar-refractivity contribution is 0.0299. The first-order valence-electron chi connectivity index (χ1n) is 6.32. The molecule has 0 radical (unpaired) electrons. The Balaban J connectivity index is 1.89. The Morgan fingerprint density at radius 1 is 1.32 bits per heavy atom. The molecule has 3 rings (SSSR count). The molecule has 1 aliphatic rings. The number of fused-ring (bicyclic) bond motifs is 1. The summed E-state index contributed by atoms with van der Waals surface area (Å²) in [5.41, 5.74) is 1.53. The second kappa shape index (κ2) is 4.93. The highest BCUT2D eigenvalue weighted by Crippen LogP contribution is 2.22. The third-order valence-corrected chi connectivity index (χ3v) is 3.36. The molecule has 2 aromatic rings. The highest BCUT2D eigenvalue weighted by molar-refractivity contribution is 5.98. The number of morpholine rings is 1. The van der Waals surface area contributed by atoms with Gasteiger partial charge in [-0.25, -0.2) is 0 Å². The SMILES string of the molecule is COc1ccc2cc(C(=O)N3CCOCC3)[nH]c2c1.